The highest BCUT2D eigenvalue weighted by molar-refractivity contribution is 5.73. The first kappa shape index (κ1) is 10.5. The van der Waals surface area contributed by atoms with Crippen molar-refractivity contribution in [1.82, 2.24) is 0 Å². The lowest BCUT2D eigenvalue weighted by Crippen LogP contribution is -2.21. The summed E-state index contributed by atoms with van der Waals surface area (Å²) in [5.74, 6) is 0.111. The third-order valence-corrected chi connectivity index (χ3v) is 2.78. The Morgan fingerprint density at radius 1 is 1.46 bits per heavy atom. The molecule has 0 saturated heterocycles. The summed E-state index contributed by atoms with van der Waals surface area (Å²) in [7, 11) is 0. The molecule has 0 bridgehead atoms. The fourth-order valence-electron chi connectivity index (χ4n) is 2.08. The van der Waals surface area contributed by atoms with Crippen LogP contribution in [0, 0.1) is 11.8 Å². The van der Waals surface area contributed by atoms with Crippen LogP contribution < -0.4 is 0 Å². The quantitative estimate of drug-likeness (QED) is 0.677. The molecule has 1 fully saturated rings. The van der Waals surface area contributed by atoms with Gasteiger partial charge in [-0.1, -0.05) is 13.3 Å². The van der Waals surface area contributed by atoms with Crippen LogP contribution in [0.2, 0.25) is 0 Å². The summed E-state index contributed by atoms with van der Waals surface area (Å²) in [5, 5.41) is 9.41. The van der Waals surface area contributed by atoms with Crippen LogP contribution in [0.25, 0.3) is 0 Å². The van der Waals surface area contributed by atoms with Crippen LogP contribution in [-0.2, 0) is 9.53 Å². The summed E-state index contributed by atoms with van der Waals surface area (Å²) >= 11 is 0. The lowest BCUT2D eigenvalue weighted by molar-refractivity contribution is -0.149. The van der Waals surface area contributed by atoms with E-state index in [1.54, 1.807) is 0 Å². The highest BCUT2D eigenvalue weighted by Gasteiger charge is 2.37. The average molecular weight is 186 g/mol. The summed E-state index contributed by atoms with van der Waals surface area (Å²) in [6.45, 7) is 4.29. The van der Waals surface area contributed by atoms with Gasteiger partial charge in [0.15, 0.2) is 0 Å². The van der Waals surface area contributed by atoms with E-state index in [1.807, 2.05) is 6.92 Å². The van der Waals surface area contributed by atoms with Gasteiger partial charge in [0, 0.05) is 0 Å². The molecule has 1 aliphatic carbocycles. The molecule has 13 heavy (non-hydrogen) atoms. The average Bonchev–Trinajstić information content (AvgIpc) is 2.47. The smallest absolute Gasteiger partial charge is 0.309 e. The molecular weight excluding hydrogens is 168 g/mol. The molecule has 0 amide bonds. The number of carbonyl (C=O) groups is 1. The van der Waals surface area contributed by atoms with Crippen LogP contribution in [-0.4, -0.2) is 23.8 Å². The summed E-state index contributed by atoms with van der Waals surface area (Å²) in [5.41, 5.74) is 0. The number of esters is 1. The van der Waals surface area contributed by atoms with Crippen LogP contribution in [0.3, 0.4) is 0 Å². The Morgan fingerprint density at radius 3 is 2.69 bits per heavy atom. The molecular formula is C10H18O3. The first-order valence-corrected chi connectivity index (χ1v) is 5.03. The van der Waals surface area contributed by atoms with Crippen LogP contribution in [0.1, 0.15) is 33.1 Å². The Labute approximate surface area is 79.1 Å². The second-order valence-electron chi connectivity index (χ2n) is 3.65. The van der Waals surface area contributed by atoms with Gasteiger partial charge in [0.25, 0.3) is 0 Å². The highest BCUT2D eigenvalue weighted by atomic mass is 16.5. The maximum absolute atomic E-state index is 11.4. The zero-order chi connectivity index (χ0) is 9.84. The summed E-state index contributed by atoms with van der Waals surface area (Å²) in [6.07, 6.45) is 1.97. The standard InChI is InChI=1S/C10H18O3/c1-3-7-5-8(11)6-9(7)10(12)13-4-2/h7-9,11H,3-6H2,1-2H3/t7-,8+,9+/m0/s1. The molecule has 0 aromatic carbocycles. The van der Waals surface area contributed by atoms with Crippen molar-refractivity contribution in [2.75, 3.05) is 6.61 Å². The molecule has 0 unspecified atom stereocenters. The first-order chi connectivity index (χ1) is 6.19. The third-order valence-electron chi connectivity index (χ3n) is 2.78. The van der Waals surface area contributed by atoms with E-state index in [9.17, 15) is 9.90 Å². The van der Waals surface area contributed by atoms with E-state index in [0.29, 0.717) is 18.9 Å². The molecule has 0 aromatic heterocycles. The van der Waals surface area contributed by atoms with Crippen LogP contribution in [0.15, 0.2) is 0 Å². The molecule has 1 aliphatic rings. The van der Waals surface area contributed by atoms with Crippen LogP contribution in [0.5, 0.6) is 0 Å². The predicted molar refractivity (Wildman–Crippen MR) is 49.1 cm³/mol. The summed E-state index contributed by atoms with van der Waals surface area (Å²) in [4.78, 5) is 11.4. The number of aliphatic hydroxyl groups is 1. The number of rotatable bonds is 3. The van der Waals surface area contributed by atoms with E-state index < -0.39 is 0 Å². The predicted octanol–water partition coefficient (Wildman–Crippen LogP) is 1.35. The van der Waals surface area contributed by atoms with Gasteiger partial charge < -0.3 is 9.84 Å². The van der Waals surface area contributed by atoms with Crippen LogP contribution >= 0.6 is 0 Å². The fourth-order valence-corrected chi connectivity index (χ4v) is 2.08. The van der Waals surface area contributed by atoms with Gasteiger partial charge >= 0.3 is 5.97 Å². The second kappa shape index (κ2) is 4.61. The van der Waals surface area contributed by atoms with Crippen molar-refractivity contribution in [3.8, 4) is 0 Å². The zero-order valence-corrected chi connectivity index (χ0v) is 8.32. The van der Waals surface area contributed by atoms with Crippen molar-refractivity contribution in [3.05, 3.63) is 0 Å². The Kier molecular flexibility index (Phi) is 3.72. The van der Waals surface area contributed by atoms with Crippen molar-refractivity contribution >= 4 is 5.97 Å². The lowest BCUT2D eigenvalue weighted by Gasteiger charge is -2.15. The van der Waals surface area contributed by atoms with Crippen LogP contribution in [0.4, 0.5) is 0 Å². The minimum atomic E-state index is -0.306. The van der Waals surface area contributed by atoms with Gasteiger partial charge in [-0.15, -0.1) is 0 Å². The van der Waals surface area contributed by atoms with Gasteiger partial charge in [0.05, 0.1) is 18.6 Å². The van der Waals surface area contributed by atoms with Gasteiger partial charge in [-0.25, -0.2) is 0 Å². The molecule has 0 aliphatic heterocycles. The van der Waals surface area contributed by atoms with E-state index >= 15 is 0 Å². The Balaban J connectivity index is 2.52. The lowest BCUT2D eigenvalue weighted by atomic mass is 9.94. The first-order valence-electron chi connectivity index (χ1n) is 5.03. The SMILES string of the molecule is CCOC(=O)[C@@H]1C[C@H](O)C[C@@H]1CC. The van der Waals surface area contributed by atoms with Crippen molar-refractivity contribution in [1.29, 1.82) is 0 Å². The van der Waals surface area contributed by atoms with E-state index in [1.165, 1.54) is 0 Å². The molecule has 0 aromatic rings. The molecule has 1 N–H and O–H groups in total. The van der Waals surface area contributed by atoms with E-state index in [4.69, 9.17) is 4.74 Å². The number of ether oxygens (including phenoxy) is 1. The summed E-state index contributed by atoms with van der Waals surface area (Å²) < 4.78 is 4.96. The van der Waals surface area contributed by atoms with E-state index in [0.717, 1.165) is 12.8 Å². The van der Waals surface area contributed by atoms with Crippen molar-refractivity contribution < 1.29 is 14.6 Å². The van der Waals surface area contributed by atoms with Crippen molar-refractivity contribution in [2.45, 2.75) is 39.2 Å². The number of hydrogen-bond donors (Lipinski definition) is 1. The number of aliphatic hydroxyl groups excluding tert-OH is 1. The minimum Gasteiger partial charge on any atom is -0.466 e. The van der Waals surface area contributed by atoms with Gasteiger partial charge in [0.1, 0.15) is 0 Å². The molecule has 76 valence electrons. The van der Waals surface area contributed by atoms with Gasteiger partial charge in [-0.3, -0.25) is 4.79 Å². The molecule has 0 radical (unpaired) electrons. The maximum Gasteiger partial charge on any atom is 0.309 e. The fraction of sp³-hybridized carbons (Fsp3) is 0.900. The largest absolute Gasteiger partial charge is 0.466 e. The molecule has 1 saturated carbocycles. The maximum atomic E-state index is 11.4. The Hall–Kier alpha value is -0.570. The highest BCUT2D eigenvalue weighted by Crippen LogP contribution is 2.34. The third kappa shape index (κ3) is 2.44. The molecule has 0 spiro atoms. The number of carbonyl (C=O) groups excluding carboxylic acids is 1. The van der Waals surface area contributed by atoms with Gasteiger partial charge in [-0.05, 0) is 25.7 Å². The molecule has 0 heterocycles. The van der Waals surface area contributed by atoms with Crippen molar-refractivity contribution in [2.24, 2.45) is 11.8 Å². The van der Waals surface area contributed by atoms with Gasteiger partial charge in [0.2, 0.25) is 0 Å². The topological polar surface area (TPSA) is 46.5 Å². The molecule has 3 nitrogen and oxygen atoms in total. The van der Waals surface area contributed by atoms with E-state index in [-0.39, 0.29) is 18.0 Å². The Morgan fingerprint density at radius 2 is 2.15 bits per heavy atom. The molecule has 3 atom stereocenters. The number of hydrogen-bond acceptors (Lipinski definition) is 3. The van der Waals surface area contributed by atoms with Crippen molar-refractivity contribution in [3.63, 3.8) is 0 Å². The molecule has 3 heteroatoms. The summed E-state index contributed by atoms with van der Waals surface area (Å²) in [6, 6.07) is 0. The monoisotopic (exact) mass is 186 g/mol. The Bertz CT molecular complexity index is 179. The molecule has 1 rings (SSSR count). The second-order valence-corrected chi connectivity index (χ2v) is 3.65. The van der Waals surface area contributed by atoms with E-state index in [2.05, 4.69) is 6.92 Å². The van der Waals surface area contributed by atoms with Gasteiger partial charge in [-0.2, -0.15) is 0 Å². The minimum absolute atomic E-state index is 0.0695. The normalized spacial score (nSPS) is 33.3. The zero-order valence-electron chi connectivity index (χ0n) is 8.32.